The van der Waals surface area contributed by atoms with Crippen molar-refractivity contribution in [1.82, 2.24) is 9.88 Å². The number of pyridine rings is 1. The van der Waals surface area contributed by atoms with E-state index in [-0.39, 0.29) is 0 Å². The first-order valence-corrected chi connectivity index (χ1v) is 7.74. The molecule has 2 aliphatic rings. The third kappa shape index (κ3) is 1.97. The fourth-order valence-electron chi connectivity index (χ4n) is 3.71. The number of hydrogen-bond donors (Lipinski definition) is 1. The summed E-state index contributed by atoms with van der Waals surface area (Å²) in [7, 11) is 0. The van der Waals surface area contributed by atoms with Crippen LogP contribution in [-0.4, -0.2) is 35.1 Å². The summed E-state index contributed by atoms with van der Waals surface area (Å²) in [5, 5.41) is 5.59. The van der Waals surface area contributed by atoms with Gasteiger partial charge in [0.2, 0.25) is 0 Å². The summed E-state index contributed by atoms with van der Waals surface area (Å²) >= 11 is 6.24. The monoisotopic (exact) mass is 287 g/mol. The van der Waals surface area contributed by atoms with Crippen molar-refractivity contribution in [2.45, 2.75) is 31.3 Å². The van der Waals surface area contributed by atoms with E-state index < -0.39 is 0 Å². The van der Waals surface area contributed by atoms with Crippen molar-refractivity contribution in [1.29, 1.82) is 0 Å². The zero-order valence-electron chi connectivity index (χ0n) is 11.3. The van der Waals surface area contributed by atoms with Crippen molar-refractivity contribution in [3.63, 3.8) is 0 Å². The largest absolute Gasteiger partial charge is 0.380 e. The number of rotatable bonds is 2. The van der Waals surface area contributed by atoms with E-state index in [9.17, 15) is 0 Å². The normalized spacial score (nSPS) is 26.1. The maximum Gasteiger partial charge on any atom is 0.0908 e. The first-order valence-electron chi connectivity index (χ1n) is 7.37. The topological polar surface area (TPSA) is 28.2 Å². The van der Waals surface area contributed by atoms with E-state index in [1.165, 1.54) is 32.4 Å². The van der Waals surface area contributed by atoms with Gasteiger partial charge in [0.1, 0.15) is 0 Å². The van der Waals surface area contributed by atoms with Crippen molar-refractivity contribution < 1.29 is 0 Å². The molecule has 0 aliphatic carbocycles. The van der Waals surface area contributed by atoms with Gasteiger partial charge in [-0.3, -0.25) is 9.88 Å². The molecule has 0 amide bonds. The van der Waals surface area contributed by atoms with E-state index in [1.54, 1.807) is 6.20 Å². The van der Waals surface area contributed by atoms with Gasteiger partial charge >= 0.3 is 0 Å². The van der Waals surface area contributed by atoms with Gasteiger partial charge in [-0.2, -0.15) is 0 Å². The van der Waals surface area contributed by atoms with Crippen LogP contribution in [0.25, 0.3) is 10.9 Å². The molecule has 20 heavy (non-hydrogen) atoms. The zero-order chi connectivity index (χ0) is 13.5. The lowest BCUT2D eigenvalue weighted by Gasteiger charge is -2.23. The van der Waals surface area contributed by atoms with Crippen molar-refractivity contribution in [3.8, 4) is 0 Å². The number of aromatic nitrogens is 1. The second-order valence-corrected chi connectivity index (χ2v) is 6.19. The van der Waals surface area contributed by atoms with E-state index in [4.69, 9.17) is 11.6 Å². The average Bonchev–Trinajstić information content (AvgIpc) is 3.07. The van der Waals surface area contributed by atoms with Crippen LogP contribution in [0.2, 0.25) is 5.02 Å². The molecule has 2 saturated heterocycles. The molecular weight excluding hydrogens is 270 g/mol. The van der Waals surface area contributed by atoms with Crippen LogP contribution in [-0.2, 0) is 0 Å². The molecule has 2 unspecified atom stereocenters. The van der Waals surface area contributed by atoms with Gasteiger partial charge in [-0.05, 0) is 50.1 Å². The van der Waals surface area contributed by atoms with Crippen LogP contribution in [0.4, 0.5) is 5.69 Å². The number of hydrogen-bond acceptors (Lipinski definition) is 3. The van der Waals surface area contributed by atoms with E-state index in [2.05, 4.69) is 27.3 Å². The van der Waals surface area contributed by atoms with Gasteiger partial charge in [0, 0.05) is 35.9 Å². The molecule has 2 aliphatic heterocycles. The first kappa shape index (κ1) is 12.4. The van der Waals surface area contributed by atoms with Crippen LogP contribution in [0, 0.1) is 0 Å². The molecule has 2 atom stereocenters. The highest BCUT2D eigenvalue weighted by atomic mass is 35.5. The summed E-state index contributed by atoms with van der Waals surface area (Å²) in [5.41, 5.74) is 2.05. The lowest BCUT2D eigenvalue weighted by Crippen LogP contribution is -2.33. The van der Waals surface area contributed by atoms with Gasteiger partial charge in [0.25, 0.3) is 0 Å². The van der Waals surface area contributed by atoms with Crippen molar-refractivity contribution >= 4 is 28.2 Å². The molecule has 0 radical (unpaired) electrons. The number of nitrogens with zero attached hydrogens (tertiary/aromatic N) is 2. The Hall–Kier alpha value is -1.32. The highest BCUT2D eigenvalue weighted by Gasteiger charge is 2.37. The lowest BCUT2D eigenvalue weighted by atomic mass is 10.1. The van der Waals surface area contributed by atoms with E-state index >= 15 is 0 Å². The molecule has 4 rings (SSSR count). The Balaban J connectivity index is 1.68. The zero-order valence-corrected chi connectivity index (χ0v) is 12.1. The second-order valence-electron chi connectivity index (χ2n) is 5.78. The van der Waals surface area contributed by atoms with Crippen LogP contribution in [0.15, 0.2) is 30.5 Å². The van der Waals surface area contributed by atoms with E-state index in [0.29, 0.717) is 12.1 Å². The third-order valence-electron chi connectivity index (χ3n) is 4.67. The first-order chi connectivity index (χ1) is 9.83. The lowest BCUT2D eigenvalue weighted by molar-refractivity contribution is 0.318. The number of nitrogens with one attached hydrogen (secondary N) is 1. The van der Waals surface area contributed by atoms with Gasteiger partial charge < -0.3 is 5.32 Å². The quantitative estimate of drug-likeness (QED) is 0.916. The van der Waals surface area contributed by atoms with Crippen LogP contribution >= 0.6 is 11.6 Å². The van der Waals surface area contributed by atoms with Crippen LogP contribution in [0.3, 0.4) is 0 Å². The smallest absolute Gasteiger partial charge is 0.0908 e. The molecule has 1 aromatic carbocycles. The van der Waals surface area contributed by atoms with Crippen LogP contribution < -0.4 is 5.32 Å². The molecule has 1 N–H and O–H groups in total. The fourth-order valence-corrected chi connectivity index (χ4v) is 3.93. The molecule has 104 valence electrons. The summed E-state index contributed by atoms with van der Waals surface area (Å²) < 4.78 is 0. The van der Waals surface area contributed by atoms with Gasteiger partial charge in [-0.25, -0.2) is 0 Å². The minimum Gasteiger partial charge on any atom is -0.380 e. The fraction of sp³-hybridized carbons (Fsp3) is 0.438. The summed E-state index contributed by atoms with van der Waals surface area (Å²) in [5.74, 6) is 0. The van der Waals surface area contributed by atoms with Crippen LogP contribution in [0.1, 0.15) is 19.3 Å². The summed E-state index contributed by atoms with van der Waals surface area (Å²) in [6.45, 7) is 2.50. The Bertz CT molecular complexity index is 643. The molecular formula is C16H18ClN3. The minimum atomic E-state index is 0.557. The van der Waals surface area contributed by atoms with Crippen LogP contribution in [0.5, 0.6) is 0 Å². The van der Waals surface area contributed by atoms with Crippen molar-refractivity contribution in [3.05, 3.63) is 35.5 Å². The van der Waals surface area contributed by atoms with E-state index in [0.717, 1.165) is 21.6 Å². The van der Waals surface area contributed by atoms with Gasteiger partial charge in [-0.1, -0.05) is 11.6 Å². The highest BCUT2D eigenvalue weighted by molar-refractivity contribution is 6.35. The summed E-state index contributed by atoms with van der Waals surface area (Å²) in [4.78, 5) is 7.02. The molecule has 0 bridgehead atoms. The van der Waals surface area contributed by atoms with Crippen molar-refractivity contribution in [2.75, 3.05) is 18.4 Å². The maximum absolute atomic E-state index is 6.24. The molecule has 3 heterocycles. The Morgan fingerprint density at radius 2 is 2.15 bits per heavy atom. The Morgan fingerprint density at radius 3 is 3.10 bits per heavy atom. The SMILES string of the molecule is Clc1ccc(NC2CCN3CCCC23)c2cccnc12. The number of fused-ring (bicyclic) bond motifs is 2. The van der Waals surface area contributed by atoms with Gasteiger partial charge in [0.15, 0.2) is 0 Å². The standard InChI is InChI=1S/C16H18ClN3/c17-12-5-6-13(11-3-1-8-18-16(11)12)19-14-7-10-20-9-2-4-15(14)20/h1,3,5-6,8,14-15,19H,2,4,7,9-10H2. The average molecular weight is 288 g/mol. The highest BCUT2D eigenvalue weighted by Crippen LogP contribution is 2.33. The third-order valence-corrected chi connectivity index (χ3v) is 4.97. The van der Waals surface area contributed by atoms with Crippen molar-refractivity contribution in [2.24, 2.45) is 0 Å². The number of halogens is 1. The molecule has 2 aromatic rings. The Kier molecular flexibility index (Phi) is 3.04. The summed E-state index contributed by atoms with van der Waals surface area (Å²) in [6, 6.07) is 9.36. The number of anilines is 1. The summed E-state index contributed by atoms with van der Waals surface area (Å²) in [6.07, 6.45) is 5.69. The Morgan fingerprint density at radius 1 is 1.20 bits per heavy atom. The Labute approximate surface area is 123 Å². The van der Waals surface area contributed by atoms with Gasteiger partial charge in [0.05, 0.1) is 10.5 Å². The second kappa shape index (κ2) is 4.90. The van der Waals surface area contributed by atoms with Gasteiger partial charge in [-0.15, -0.1) is 0 Å². The minimum absolute atomic E-state index is 0.557. The molecule has 1 aromatic heterocycles. The molecule has 0 saturated carbocycles. The molecule has 0 spiro atoms. The predicted molar refractivity (Wildman–Crippen MR) is 83.4 cm³/mol. The molecule has 3 nitrogen and oxygen atoms in total. The molecule has 4 heteroatoms. The predicted octanol–water partition coefficient (Wildman–Crippen LogP) is 3.54. The maximum atomic E-state index is 6.24. The molecule has 2 fully saturated rings. The number of benzene rings is 1. The van der Waals surface area contributed by atoms with E-state index in [1.807, 2.05) is 12.1 Å².